The Labute approximate surface area is 85.3 Å². The van der Waals surface area contributed by atoms with E-state index < -0.39 is 0 Å². The van der Waals surface area contributed by atoms with E-state index in [1.54, 1.807) is 10.7 Å². The topological polar surface area (TPSA) is 75.7 Å². The first-order chi connectivity index (χ1) is 7.40. The Kier molecular flexibility index (Phi) is 1.67. The van der Waals surface area contributed by atoms with Gasteiger partial charge in [0.05, 0.1) is 11.4 Å². The molecule has 6 nitrogen and oxygen atoms in total. The summed E-state index contributed by atoms with van der Waals surface area (Å²) in [5.74, 6) is 0.591. The summed E-state index contributed by atoms with van der Waals surface area (Å²) < 4.78 is 1.71. The minimum absolute atomic E-state index is 0.591. The van der Waals surface area contributed by atoms with E-state index in [-0.39, 0.29) is 0 Å². The molecule has 2 heterocycles. The normalized spacial score (nSPS) is 18.3. The zero-order valence-corrected chi connectivity index (χ0v) is 7.96. The van der Waals surface area contributed by atoms with E-state index in [0.717, 1.165) is 30.5 Å². The molecule has 0 amide bonds. The minimum atomic E-state index is 0.591. The monoisotopic (exact) mass is 203 g/mol. The van der Waals surface area contributed by atoms with Crippen LogP contribution in [0.15, 0.2) is 17.7 Å². The van der Waals surface area contributed by atoms with E-state index in [9.17, 15) is 0 Å². The van der Waals surface area contributed by atoms with Crippen LogP contribution in [0.25, 0.3) is 5.78 Å². The number of rotatable bonds is 0. The molecule has 6 heteroatoms. The van der Waals surface area contributed by atoms with Gasteiger partial charge in [-0.15, -0.1) is 0 Å². The summed E-state index contributed by atoms with van der Waals surface area (Å²) in [5.41, 5.74) is 2.58. The molecule has 0 unspecified atom stereocenters. The van der Waals surface area contributed by atoms with Crippen LogP contribution < -0.4 is 0 Å². The van der Waals surface area contributed by atoms with Gasteiger partial charge in [0, 0.05) is 11.8 Å². The second-order valence-corrected chi connectivity index (χ2v) is 3.49. The van der Waals surface area contributed by atoms with Gasteiger partial charge in [-0.1, -0.05) is 5.16 Å². The van der Waals surface area contributed by atoms with Crippen LogP contribution in [0, 0.1) is 0 Å². The van der Waals surface area contributed by atoms with Crippen LogP contribution >= 0.6 is 0 Å². The average Bonchev–Trinajstić information content (AvgIpc) is 2.76. The molecule has 1 N–H and O–H groups in total. The van der Waals surface area contributed by atoms with E-state index in [2.05, 4.69) is 20.2 Å². The largest absolute Gasteiger partial charge is 0.411 e. The minimum Gasteiger partial charge on any atom is -0.411 e. The maximum absolute atomic E-state index is 8.88. The van der Waals surface area contributed by atoms with Crippen molar-refractivity contribution in [2.75, 3.05) is 0 Å². The number of aromatic nitrogens is 4. The van der Waals surface area contributed by atoms with Gasteiger partial charge in [0.15, 0.2) is 0 Å². The molecule has 2 aromatic heterocycles. The third-order valence-electron chi connectivity index (χ3n) is 2.66. The van der Waals surface area contributed by atoms with Crippen LogP contribution in [0.2, 0.25) is 0 Å². The zero-order chi connectivity index (χ0) is 10.3. The van der Waals surface area contributed by atoms with Crippen molar-refractivity contribution in [3.63, 3.8) is 0 Å². The summed E-state index contributed by atoms with van der Waals surface area (Å²) in [7, 11) is 0. The van der Waals surface area contributed by atoms with E-state index in [4.69, 9.17) is 5.21 Å². The Bertz CT molecular complexity index is 544. The highest BCUT2D eigenvalue weighted by Gasteiger charge is 2.19. The molecule has 15 heavy (non-hydrogen) atoms. The second kappa shape index (κ2) is 3.01. The molecule has 0 aliphatic heterocycles. The number of hydrogen-bond acceptors (Lipinski definition) is 5. The maximum Gasteiger partial charge on any atom is 0.252 e. The van der Waals surface area contributed by atoms with Gasteiger partial charge in [0.2, 0.25) is 0 Å². The lowest BCUT2D eigenvalue weighted by molar-refractivity contribution is 0.317. The van der Waals surface area contributed by atoms with Crippen LogP contribution in [-0.2, 0) is 6.42 Å². The van der Waals surface area contributed by atoms with Crippen molar-refractivity contribution in [1.29, 1.82) is 0 Å². The Balaban J connectivity index is 2.34. The van der Waals surface area contributed by atoms with E-state index in [1.165, 1.54) is 6.33 Å². The molecule has 0 radical (unpaired) electrons. The van der Waals surface area contributed by atoms with Gasteiger partial charge < -0.3 is 5.21 Å². The van der Waals surface area contributed by atoms with Crippen LogP contribution in [0.4, 0.5) is 0 Å². The van der Waals surface area contributed by atoms with Gasteiger partial charge in [-0.05, 0) is 19.3 Å². The molecule has 0 saturated carbocycles. The van der Waals surface area contributed by atoms with Crippen molar-refractivity contribution < 1.29 is 5.21 Å². The average molecular weight is 203 g/mol. The molecular weight excluding hydrogens is 194 g/mol. The fraction of sp³-hybridized carbons (Fsp3) is 0.333. The van der Waals surface area contributed by atoms with Gasteiger partial charge >= 0.3 is 0 Å². The quantitative estimate of drug-likeness (QED) is 0.503. The summed E-state index contributed by atoms with van der Waals surface area (Å²) in [5, 5.41) is 16.3. The number of aryl methyl sites for hydroxylation is 1. The lowest BCUT2D eigenvalue weighted by Gasteiger charge is -2.16. The summed E-state index contributed by atoms with van der Waals surface area (Å²) in [6.45, 7) is 0. The molecule has 0 bridgehead atoms. The molecule has 1 aliphatic rings. The van der Waals surface area contributed by atoms with E-state index >= 15 is 0 Å². The highest BCUT2D eigenvalue weighted by atomic mass is 16.4. The van der Waals surface area contributed by atoms with E-state index in [1.807, 2.05) is 0 Å². The number of hydrogen-bond donors (Lipinski definition) is 1. The molecule has 2 aromatic rings. The molecule has 76 valence electrons. The van der Waals surface area contributed by atoms with Crippen LogP contribution in [0.3, 0.4) is 0 Å². The highest BCUT2D eigenvalue weighted by molar-refractivity contribution is 6.01. The summed E-state index contributed by atoms with van der Waals surface area (Å²) in [4.78, 5) is 8.17. The van der Waals surface area contributed by atoms with Gasteiger partial charge in [-0.2, -0.15) is 10.1 Å². The van der Waals surface area contributed by atoms with Gasteiger partial charge in [-0.3, -0.25) is 0 Å². The van der Waals surface area contributed by atoms with Crippen LogP contribution in [-0.4, -0.2) is 30.5 Å². The fourth-order valence-corrected chi connectivity index (χ4v) is 1.97. The highest BCUT2D eigenvalue weighted by Crippen LogP contribution is 2.20. The smallest absolute Gasteiger partial charge is 0.252 e. The first-order valence-electron chi connectivity index (χ1n) is 4.79. The summed E-state index contributed by atoms with van der Waals surface area (Å²) in [6.07, 6.45) is 5.84. The third-order valence-corrected chi connectivity index (χ3v) is 2.66. The fourth-order valence-electron chi connectivity index (χ4n) is 1.97. The van der Waals surface area contributed by atoms with Crippen molar-refractivity contribution >= 4 is 11.5 Å². The molecule has 3 rings (SSSR count). The van der Waals surface area contributed by atoms with Gasteiger partial charge in [0.25, 0.3) is 5.78 Å². The van der Waals surface area contributed by atoms with Crippen LogP contribution in [0.1, 0.15) is 24.1 Å². The number of oxime groups is 1. The van der Waals surface area contributed by atoms with Crippen molar-refractivity contribution in [2.45, 2.75) is 19.3 Å². The standard InChI is InChI=1S/C9H9N5O/c15-13-7-2-1-3-8-6(7)4-10-9-11-5-12-14(8)9/h4-5,15H,1-3H2/b13-7+. The Morgan fingerprint density at radius 1 is 1.33 bits per heavy atom. The SMILES string of the molecule is O/N=C1\CCCc2c1cnc1ncnn21. The molecular formula is C9H9N5O. The first kappa shape index (κ1) is 8.34. The summed E-state index contributed by atoms with van der Waals surface area (Å²) in [6, 6.07) is 0. The maximum atomic E-state index is 8.88. The van der Waals surface area contributed by atoms with Crippen molar-refractivity contribution in [1.82, 2.24) is 19.6 Å². The Hall–Kier alpha value is -1.98. The van der Waals surface area contributed by atoms with Gasteiger partial charge in [-0.25, -0.2) is 9.50 Å². The molecule has 0 spiro atoms. The van der Waals surface area contributed by atoms with Crippen molar-refractivity contribution in [3.05, 3.63) is 23.8 Å². The predicted octanol–water partition coefficient (Wildman–Crippen LogP) is 0.639. The van der Waals surface area contributed by atoms with E-state index in [0.29, 0.717) is 11.5 Å². The lowest BCUT2D eigenvalue weighted by atomic mass is 9.95. The number of fused-ring (bicyclic) bond motifs is 3. The van der Waals surface area contributed by atoms with Gasteiger partial charge in [0.1, 0.15) is 6.33 Å². The lowest BCUT2D eigenvalue weighted by Crippen LogP contribution is -2.17. The number of nitrogens with zero attached hydrogens (tertiary/aromatic N) is 5. The predicted molar refractivity (Wildman–Crippen MR) is 52.0 cm³/mol. The second-order valence-electron chi connectivity index (χ2n) is 3.49. The third kappa shape index (κ3) is 1.11. The van der Waals surface area contributed by atoms with Crippen LogP contribution in [0.5, 0.6) is 0 Å². The zero-order valence-electron chi connectivity index (χ0n) is 7.96. The first-order valence-corrected chi connectivity index (χ1v) is 4.79. The molecule has 0 saturated heterocycles. The van der Waals surface area contributed by atoms with Crippen molar-refractivity contribution in [2.24, 2.45) is 5.16 Å². The van der Waals surface area contributed by atoms with Crippen molar-refractivity contribution in [3.8, 4) is 0 Å². The molecule has 0 aromatic carbocycles. The Morgan fingerprint density at radius 2 is 2.27 bits per heavy atom. The molecule has 1 aliphatic carbocycles. The Morgan fingerprint density at radius 3 is 3.13 bits per heavy atom. The summed E-state index contributed by atoms with van der Waals surface area (Å²) >= 11 is 0. The molecule has 0 fully saturated rings. The molecule has 0 atom stereocenters.